The Morgan fingerprint density at radius 3 is 2.92 bits per heavy atom. The number of aromatic nitrogens is 3. The van der Waals surface area contributed by atoms with Gasteiger partial charge in [-0.1, -0.05) is 12.1 Å². The fourth-order valence-corrected chi connectivity index (χ4v) is 1.67. The van der Waals surface area contributed by atoms with Crippen molar-refractivity contribution in [2.45, 2.75) is 26.3 Å². The number of thioether (sulfide) groups is 1. The molecule has 0 aliphatic heterocycles. The van der Waals surface area contributed by atoms with E-state index in [9.17, 15) is 0 Å². The molecule has 1 aromatic heterocycles. The Morgan fingerprint density at radius 1 is 1.54 bits per heavy atom. The van der Waals surface area contributed by atoms with Gasteiger partial charge in [-0.05, 0) is 24.9 Å². The molecule has 0 spiro atoms. The molecule has 0 radical (unpaired) electrons. The van der Waals surface area contributed by atoms with E-state index in [1.807, 2.05) is 16.4 Å². The van der Waals surface area contributed by atoms with Crippen LogP contribution in [0.5, 0.6) is 0 Å². The van der Waals surface area contributed by atoms with Gasteiger partial charge >= 0.3 is 0 Å². The summed E-state index contributed by atoms with van der Waals surface area (Å²) >= 11 is 1.85. The predicted octanol–water partition coefficient (Wildman–Crippen LogP) is 1.18. The number of rotatable bonds is 5. The predicted molar refractivity (Wildman–Crippen MR) is 56.8 cm³/mol. The van der Waals surface area contributed by atoms with Crippen LogP contribution in [0.3, 0.4) is 0 Å². The van der Waals surface area contributed by atoms with E-state index in [-0.39, 0.29) is 0 Å². The maximum atomic E-state index is 5.66. The zero-order chi connectivity index (χ0) is 9.68. The Labute approximate surface area is 82.9 Å². The van der Waals surface area contributed by atoms with Gasteiger partial charge in [-0.2, -0.15) is 11.8 Å². The first-order chi connectivity index (χ1) is 6.29. The van der Waals surface area contributed by atoms with Crippen LogP contribution in [0.4, 0.5) is 5.82 Å². The smallest absolute Gasteiger partial charge is 0.169 e. The molecule has 4 nitrogen and oxygen atoms in total. The van der Waals surface area contributed by atoms with E-state index in [4.69, 9.17) is 5.73 Å². The second kappa shape index (κ2) is 5.11. The molecule has 0 aliphatic carbocycles. The lowest BCUT2D eigenvalue weighted by Gasteiger charge is -2.03. The van der Waals surface area contributed by atoms with Crippen LogP contribution in [0, 0.1) is 0 Å². The zero-order valence-corrected chi connectivity index (χ0v) is 8.97. The minimum Gasteiger partial charge on any atom is -0.381 e. The summed E-state index contributed by atoms with van der Waals surface area (Å²) in [7, 11) is 0. The maximum absolute atomic E-state index is 5.66. The number of hydrogen-bond donors (Lipinski definition) is 1. The molecule has 0 fully saturated rings. The number of aryl methyl sites for hydroxylation is 1. The monoisotopic (exact) mass is 200 g/mol. The molecule has 0 saturated carbocycles. The molecular weight excluding hydrogens is 184 g/mol. The number of anilines is 1. The topological polar surface area (TPSA) is 56.7 Å². The largest absolute Gasteiger partial charge is 0.381 e. The second-order valence-electron chi connectivity index (χ2n) is 2.84. The summed E-state index contributed by atoms with van der Waals surface area (Å²) in [4.78, 5) is 0. The standard InChI is InChI=1S/C8H16N4S/c1-3-7-8(9)10-11-12(7)5-4-6-13-2/h3-6,9H2,1-2H3. The lowest BCUT2D eigenvalue weighted by molar-refractivity contribution is 0.560. The van der Waals surface area contributed by atoms with Crippen LogP contribution in [0.2, 0.25) is 0 Å². The summed E-state index contributed by atoms with van der Waals surface area (Å²) in [5.74, 6) is 1.73. The summed E-state index contributed by atoms with van der Waals surface area (Å²) in [6.45, 7) is 2.99. The van der Waals surface area contributed by atoms with Crippen LogP contribution >= 0.6 is 11.8 Å². The van der Waals surface area contributed by atoms with Crippen molar-refractivity contribution in [1.29, 1.82) is 0 Å². The Bertz CT molecular complexity index is 259. The molecule has 0 aromatic carbocycles. The van der Waals surface area contributed by atoms with Gasteiger partial charge in [0.2, 0.25) is 0 Å². The second-order valence-corrected chi connectivity index (χ2v) is 3.83. The normalized spacial score (nSPS) is 10.6. The van der Waals surface area contributed by atoms with Crippen molar-refractivity contribution >= 4 is 17.6 Å². The van der Waals surface area contributed by atoms with Crippen molar-refractivity contribution in [1.82, 2.24) is 15.0 Å². The van der Waals surface area contributed by atoms with Crippen LogP contribution in [-0.4, -0.2) is 27.0 Å². The van der Waals surface area contributed by atoms with Crippen LogP contribution in [0.25, 0.3) is 0 Å². The average Bonchev–Trinajstić information content (AvgIpc) is 2.47. The molecule has 13 heavy (non-hydrogen) atoms. The Kier molecular flexibility index (Phi) is 4.08. The molecule has 1 rings (SSSR count). The van der Waals surface area contributed by atoms with Gasteiger partial charge in [-0.25, -0.2) is 4.68 Å². The molecule has 0 amide bonds. The third-order valence-electron chi connectivity index (χ3n) is 1.92. The molecule has 0 aliphatic rings. The highest BCUT2D eigenvalue weighted by atomic mass is 32.2. The molecule has 1 aromatic rings. The van der Waals surface area contributed by atoms with Crippen molar-refractivity contribution in [2.75, 3.05) is 17.7 Å². The first-order valence-corrected chi connectivity index (χ1v) is 5.85. The molecule has 0 saturated heterocycles. The van der Waals surface area contributed by atoms with E-state index in [1.54, 1.807) is 0 Å². The number of hydrogen-bond acceptors (Lipinski definition) is 4. The lowest BCUT2D eigenvalue weighted by atomic mass is 10.3. The van der Waals surface area contributed by atoms with E-state index in [2.05, 4.69) is 23.5 Å². The summed E-state index contributed by atoms with van der Waals surface area (Å²) in [6, 6.07) is 0. The van der Waals surface area contributed by atoms with Crippen LogP contribution < -0.4 is 5.73 Å². The van der Waals surface area contributed by atoms with E-state index < -0.39 is 0 Å². The molecule has 0 atom stereocenters. The lowest BCUT2D eigenvalue weighted by Crippen LogP contribution is -2.06. The summed E-state index contributed by atoms with van der Waals surface area (Å²) < 4.78 is 1.91. The SMILES string of the molecule is CCc1c(N)nnn1CCCSC. The number of nitrogens with zero attached hydrogens (tertiary/aromatic N) is 3. The minimum absolute atomic E-state index is 0.576. The fourth-order valence-electron chi connectivity index (χ4n) is 1.25. The maximum Gasteiger partial charge on any atom is 0.169 e. The van der Waals surface area contributed by atoms with Gasteiger partial charge in [-0.15, -0.1) is 5.10 Å². The third kappa shape index (κ3) is 2.62. The Hall–Kier alpha value is -0.710. The fraction of sp³-hybridized carbons (Fsp3) is 0.750. The van der Waals surface area contributed by atoms with Crippen LogP contribution in [-0.2, 0) is 13.0 Å². The van der Waals surface area contributed by atoms with Gasteiger partial charge in [0.05, 0.1) is 5.69 Å². The van der Waals surface area contributed by atoms with Crippen molar-refractivity contribution in [2.24, 2.45) is 0 Å². The molecule has 74 valence electrons. The van der Waals surface area contributed by atoms with Crippen LogP contribution in [0.1, 0.15) is 19.0 Å². The molecule has 2 N–H and O–H groups in total. The number of nitrogens with two attached hydrogens (primary N) is 1. The Morgan fingerprint density at radius 2 is 2.31 bits per heavy atom. The van der Waals surface area contributed by atoms with E-state index in [1.165, 1.54) is 0 Å². The summed E-state index contributed by atoms with van der Waals surface area (Å²) in [5.41, 5.74) is 6.71. The molecule has 0 unspecified atom stereocenters. The van der Waals surface area contributed by atoms with E-state index in [0.29, 0.717) is 5.82 Å². The van der Waals surface area contributed by atoms with Crippen LogP contribution in [0.15, 0.2) is 0 Å². The highest BCUT2D eigenvalue weighted by molar-refractivity contribution is 7.98. The molecular formula is C8H16N4S. The van der Waals surface area contributed by atoms with Gasteiger partial charge in [0.25, 0.3) is 0 Å². The summed E-state index contributed by atoms with van der Waals surface area (Å²) in [6.07, 6.45) is 4.13. The van der Waals surface area contributed by atoms with Gasteiger partial charge in [0.1, 0.15) is 0 Å². The Balaban J connectivity index is 2.55. The quantitative estimate of drug-likeness (QED) is 0.725. The van der Waals surface area contributed by atoms with E-state index >= 15 is 0 Å². The zero-order valence-electron chi connectivity index (χ0n) is 8.16. The molecule has 1 heterocycles. The number of nitrogen functional groups attached to an aromatic ring is 1. The minimum atomic E-state index is 0.576. The van der Waals surface area contributed by atoms with Crippen molar-refractivity contribution in [3.05, 3.63) is 5.69 Å². The van der Waals surface area contributed by atoms with E-state index in [0.717, 1.165) is 30.8 Å². The van der Waals surface area contributed by atoms with Crippen molar-refractivity contribution in [3.8, 4) is 0 Å². The van der Waals surface area contributed by atoms with Gasteiger partial charge < -0.3 is 5.73 Å². The molecule has 0 bridgehead atoms. The molecule has 5 heteroatoms. The van der Waals surface area contributed by atoms with Crippen molar-refractivity contribution in [3.63, 3.8) is 0 Å². The van der Waals surface area contributed by atoms with Gasteiger partial charge in [0, 0.05) is 6.54 Å². The van der Waals surface area contributed by atoms with Gasteiger partial charge in [-0.3, -0.25) is 0 Å². The highest BCUT2D eigenvalue weighted by Crippen LogP contribution is 2.09. The first-order valence-electron chi connectivity index (χ1n) is 4.46. The first kappa shape index (κ1) is 10.4. The highest BCUT2D eigenvalue weighted by Gasteiger charge is 2.06. The van der Waals surface area contributed by atoms with Crippen molar-refractivity contribution < 1.29 is 0 Å². The van der Waals surface area contributed by atoms with Gasteiger partial charge in [0.15, 0.2) is 5.82 Å². The summed E-state index contributed by atoms with van der Waals surface area (Å²) in [5, 5.41) is 7.84. The average molecular weight is 200 g/mol. The third-order valence-corrected chi connectivity index (χ3v) is 2.62.